The molecule has 1 N–H and O–H groups in total. The number of hydrogen-bond acceptors (Lipinski definition) is 8. The zero-order chi connectivity index (χ0) is 27.7. The first-order chi connectivity index (χ1) is 18.7. The van der Waals surface area contributed by atoms with Crippen molar-refractivity contribution in [2.75, 3.05) is 56.0 Å². The van der Waals surface area contributed by atoms with Crippen molar-refractivity contribution in [3.8, 4) is 0 Å². The fourth-order valence-electron chi connectivity index (χ4n) is 5.76. The minimum absolute atomic E-state index is 0.0626. The van der Waals surface area contributed by atoms with E-state index >= 15 is 0 Å². The zero-order valence-electron chi connectivity index (χ0n) is 23.1. The van der Waals surface area contributed by atoms with Crippen molar-refractivity contribution in [2.45, 2.75) is 40.2 Å². The molecule has 0 aliphatic carbocycles. The smallest absolute Gasteiger partial charge is 0.263 e. The van der Waals surface area contributed by atoms with Crippen LogP contribution in [0.5, 0.6) is 0 Å². The third kappa shape index (κ3) is 6.10. The molecule has 2 atom stereocenters. The molecule has 3 aromatic rings. The van der Waals surface area contributed by atoms with E-state index in [1.165, 1.54) is 24.8 Å². The van der Waals surface area contributed by atoms with Crippen molar-refractivity contribution in [3.63, 3.8) is 0 Å². The molecular formula is C27H37F2N9O. The summed E-state index contributed by atoms with van der Waals surface area (Å²) in [6.07, 6.45) is 0.0213. The van der Waals surface area contributed by atoms with Crippen LogP contribution in [0.1, 0.15) is 43.6 Å². The van der Waals surface area contributed by atoms with E-state index in [4.69, 9.17) is 9.97 Å². The fraction of sp³-hybridized carbons (Fsp3) is 0.593. The van der Waals surface area contributed by atoms with Crippen LogP contribution in [0.25, 0.3) is 11.0 Å². The number of piperazine rings is 1. The molecule has 12 heteroatoms. The van der Waals surface area contributed by atoms with Crippen LogP contribution >= 0.6 is 0 Å². The summed E-state index contributed by atoms with van der Waals surface area (Å²) in [5.41, 5.74) is 2.70. The van der Waals surface area contributed by atoms with Crippen molar-refractivity contribution in [1.29, 1.82) is 0 Å². The Morgan fingerprint density at radius 2 is 1.85 bits per heavy atom. The lowest BCUT2D eigenvalue weighted by atomic mass is 9.92. The largest absolute Gasteiger partial charge is 0.362 e. The summed E-state index contributed by atoms with van der Waals surface area (Å²) in [6.45, 7) is 11.6. The van der Waals surface area contributed by atoms with Gasteiger partial charge in [0.1, 0.15) is 11.0 Å². The predicted molar refractivity (Wildman–Crippen MR) is 146 cm³/mol. The van der Waals surface area contributed by atoms with E-state index in [0.29, 0.717) is 48.9 Å². The van der Waals surface area contributed by atoms with Crippen LogP contribution in [0, 0.1) is 18.8 Å². The summed E-state index contributed by atoms with van der Waals surface area (Å²) in [5, 5.41) is 7.80. The van der Waals surface area contributed by atoms with Gasteiger partial charge in [-0.15, -0.1) is 0 Å². The third-order valence-corrected chi connectivity index (χ3v) is 7.60. The standard InChI is InChI=1S/C27H37F2N9O/c1-17-11-18(2)15-38(14-17)22(39)16-36-7-9-37(10-8-36)27-32-23-19(3)34-35(4)24(23)26(33-27)31-13-21-12-20(25(28)29)5-6-30-21/h5-6,12,17-18,25H,7-11,13-16H2,1-4H3,(H,31,32,33). The Hall–Kier alpha value is -3.41. The van der Waals surface area contributed by atoms with E-state index < -0.39 is 6.43 Å². The molecule has 210 valence electrons. The number of likely N-dealkylation sites (tertiary alicyclic amines) is 1. The number of alkyl halides is 2. The number of anilines is 2. The van der Waals surface area contributed by atoms with Gasteiger partial charge >= 0.3 is 0 Å². The number of halogens is 2. The Labute approximate surface area is 227 Å². The van der Waals surface area contributed by atoms with Gasteiger partial charge < -0.3 is 15.1 Å². The van der Waals surface area contributed by atoms with Crippen molar-refractivity contribution in [1.82, 2.24) is 34.5 Å². The molecule has 3 aromatic heterocycles. The molecule has 39 heavy (non-hydrogen) atoms. The predicted octanol–water partition coefficient (Wildman–Crippen LogP) is 3.24. The first-order valence-electron chi connectivity index (χ1n) is 13.6. The molecule has 0 aromatic carbocycles. The Balaban J connectivity index is 1.28. The van der Waals surface area contributed by atoms with Gasteiger partial charge in [-0.3, -0.25) is 19.4 Å². The quantitative estimate of drug-likeness (QED) is 0.487. The van der Waals surface area contributed by atoms with E-state index in [-0.39, 0.29) is 18.0 Å². The van der Waals surface area contributed by atoms with E-state index in [1.54, 1.807) is 4.68 Å². The number of carbonyl (C=O) groups is 1. The number of aryl methyl sites for hydroxylation is 2. The van der Waals surface area contributed by atoms with Crippen LogP contribution in [0.3, 0.4) is 0 Å². The zero-order valence-corrected chi connectivity index (χ0v) is 23.1. The fourth-order valence-corrected chi connectivity index (χ4v) is 5.76. The highest BCUT2D eigenvalue weighted by atomic mass is 19.3. The van der Waals surface area contributed by atoms with Crippen LogP contribution in [-0.4, -0.2) is 86.3 Å². The van der Waals surface area contributed by atoms with Gasteiger partial charge in [0.2, 0.25) is 11.9 Å². The Bertz CT molecular complexity index is 1310. The van der Waals surface area contributed by atoms with Gasteiger partial charge in [0, 0.05) is 58.1 Å². The van der Waals surface area contributed by atoms with Gasteiger partial charge in [0.05, 0.1) is 24.5 Å². The molecule has 5 rings (SSSR count). The van der Waals surface area contributed by atoms with Gasteiger partial charge in [0.15, 0.2) is 5.82 Å². The van der Waals surface area contributed by atoms with Crippen LogP contribution in [0.2, 0.25) is 0 Å². The summed E-state index contributed by atoms with van der Waals surface area (Å²) >= 11 is 0. The molecule has 2 unspecified atom stereocenters. The van der Waals surface area contributed by atoms with Crippen molar-refractivity contribution < 1.29 is 13.6 Å². The van der Waals surface area contributed by atoms with E-state index in [2.05, 4.69) is 39.0 Å². The SMILES string of the molecule is Cc1nn(C)c2c(NCc3cc(C(F)F)ccn3)nc(N3CCN(CC(=O)N4CC(C)CC(C)C4)CC3)nc12. The molecule has 5 heterocycles. The maximum Gasteiger partial charge on any atom is 0.263 e. The number of fused-ring (bicyclic) bond motifs is 1. The number of pyridine rings is 1. The lowest BCUT2D eigenvalue weighted by molar-refractivity contribution is -0.135. The van der Waals surface area contributed by atoms with E-state index in [9.17, 15) is 13.6 Å². The highest BCUT2D eigenvalue weighted by Crippen LogP contribution is 2.27. The van der Waals surface area contributed by atoms with Crippen molar-refractivity contribution in [2.24, 2.45) is 18.9 Å². The second-order valence-electron chi connectivity index (χ2n) is 11.0. The van der Waals surface area contributed by atoms with Crippen molar-refractivity contribution in [3.05, 3.63) is 35.3 Å². The average molecular weight is 542 g/mol. The number of amides is 1. The number of rotatable bonds is 7. The minimum atomic E-state index is -2.55. The Morgan fingerprint density at radius 1 is 1.13 bits per heavy atom. The molecule has 1 amide bonds. The highest BCUT2D eigenvalue weighted by molar-refractivity contribution is 5.88. The van der Waals surface area contributed by atoms with Crippen LogP contribution in [0.4, 0.5) is 20.5 Å². The third-order valence-electron chi connectivity index (χ3n) is 7.60. The molecule has 2 saturated heterocycles. The van der Waals surface area contributed by atoms with Gasteiger partial charge in [0.25, 0.3) is 6.43 Å². The number of nitrogens with zero attached hydrogens (tertiary/aromatic N) is 8. The Kier molecular flexibility index (Phi) is 7.92. The number of carbonyl (C=O) groups excluding carboxylic acids is 1. The van der Waals surface area contributed by atoms with Gasteiger partial charge in [-0.05, 0) is 37.3 Å². The average Bonchev–Trinajstić information content (AvgIpc) is 3.20. The van der Waals surface area contributed by atoms with Gasteiger partial charge in [-0.25, -0.2) is 13.8 Å². The first kappa shape index (κ1) is 27.2. The molecule has 2 aliphatic rings. The second kappa shape index (κ2) is 11.4. The molecule has 0 radical (unpaired) electrons. The lowest BCUT2D eigenvalue weighted by Crippen LogP contribution is -2.52. The summed E-state index contributed by atoms with van der Waals surface area (Å²) < 4.78 is 28.0. The first-order valence-corrected chi connectivity index (χ1v) is 13.6. The number of nitrogens with one attached hydrogen (secondary N) is 1. The molecule has 0 saturated carbocycles. The molecule has 2 aliphatic heterocycles. The summed E-state index contributed by atoms with van der Waals surface area (Å²) in [6, 6.07) is 2.72. The van der Waals surface area contributed by atoms with Crippen LogP contribution in [-0.2, 0) is 18.4 Å². The molecule has 10 nitrogen and oxygen atoms in total. The minimum Gasteiger partial charge on any atom is -0.362 e. The van der Waals surface area contributed by atoms with Crippen molar-refractivity contribution >= 4 is 28.7 Å². The van der Waals surface area contributed by atoms with E-state index in [1.807, 2.05) is 18.9 Å². The highest BCUT2D eigenvalue weighted by Gasteiger charge is 2.28. The number of piperidine rings is 1. The summed E-state index contributed by atoms with van der Waals surface area (Å²) in [4.78, 5) is 33.2. The summed E-state index contributed by atoms with van der Waals surface area (Å²) in [5.74, 6) is 2.46. The molecule has 0 bridgehead atoms. The number of hydrogen-bond donors (Lipinski definition) is 1. The number of aromatic nitrogens is 5. The maximum absolute atomic E-state index is 13.1. The second-order valence-corrected chi connectivity index (χ2v) is 11.0. The lowest BCUT2D eigenvalue weighted by Gasteiger charge is -2.38. The van der Waals surface area contributed by atoms with Crippen LogP contribution < -0.4 is 10.2 Å². The van der Waals surface area contributed by atoms with Crippen LogP contribution in [0.15, 0.2) is 18.3 Å². The summed E-state index contributed by atoms with van der Waals surface area (Å²) in [7, 11) is 1.83. The molecule has 0 spiro atoms. The normalized spacial score (nSPS) is 20.7. The molecular weight excluding hydrogens is 504 g/mol. The maximum atomic E-state index is 13.1. The molecule has 2 fully saturated rings. The van der Waals surface area contributed by atoms with E-state index in [0.717, 1.165) is 42.9 Å². The topological polar surface area (TPSA) is 95.3 Å². The Morgan fingerprint density at radius 3 is 2.54 bits per heavy atom. The van der Waals surface area contributed by atoms with Gasteiger partial charge in [-0.2, -0.15) is 10.1 Å². The van der Waals surface area contributed by atoms with Gasteiger partial charge in [-0.1, -0.05) is 13.8 Å². The monoisotopic (exact) mass is 541 g/mol.